The third kappa shape index (κ3) is 3.45. The number of likely N-dealkylation sites (tertiary alicyclic amines) is 1. The quantitative estimate of drug-likeness (QED) is 0.910. The smallest absolute Gasteiger partial charge is 0.241 e. The first-order valence-electron chi connectivity index (χ1n) is 7.65. The Morgan fingerprint density at radius 2 is 2.00 bits per heavy atom. The van der Waals surface area contributed by atoms with E-state index >= 15 is 0 Å². The summed E-state index contributed by atoms with van der Waals surface area (Å²) in [7, 11) is 3.68. The second kappa shape index (κ2) is 6.89. The summed E-state index contributed by atoms with van der Waals surface area (Å²) >= 11 is 0. The highest BCUT2D eigenvalue weighted by atomic mass is 16.5. The van der Waals surface area contributed by atoms with Crippen molar-refractivity contribution in [3.05, 3.63) is 30.2 Å². The van der Waals surface area contributed by atoms with E-state index in [9.17, 15) is 0 Å². The second-order valence-corrected chi connectivity index (χ2v) is 5.58. The van der Waals surface area contributed by atoms with Crippen LogP contribution in [0.1, 0.15) is 18.7 Å². The molecule has 6 heteroatoms. The SMILES string of the molecule is CNC1CCN(Cc2nc(-c3ccc(OC)cc3)no2)CC1. The summed E-state index contributed by atoms with van der Waals surface area (Å²) in [5, 5.41) is 7.41. The van der Waals surface area contributed by atoms with Gasteiger partial charge in [-0.15, -0.1) is 0 Å². The summed E-state index contributed by atoms with van der Waals surface area (Å²) in [6.45, 7) is 2.84. The first kappa shape index (κ1) is 15.0. The van der Waals surface area contributed by atoms with Crippen LogP contribution in [0, 0.1) is 0 Å². The fourth-order valence-electron chi connectivity index (χ4n) is 2.75. The Morgan fingerprint density at radius 3 is 2.64 bits per heavy atom. The van der Waals surface area contributed by atoms with Crippen LogP contribution in [0.4, 0.5) is 0 Å². The highest BCUT2D eigenvalue weighted by Crippen LogP contribution is 2.20. The van der Waals surface area contributed by atoms with Gasteiger partial charge in [0.15, 0.2) is 0 Å². The van der Waals surface area contributed by atoms with Crippen molar-refractivity contribution in [3.8, 4) is 17.1 Å². The summed E-state index contributed by atoms with van der Waals surface area (Å²) in [6.07, 6.45) is 2.33. The molecule has 2 heterocycles. The van der Waals surface area contributed by atoms with Gasteiger partial charge in [-0.3, -0.25) is 4.90 Å². The average Bonchev–Trinajstić information content (AvgIpc) is 3.04. The Bertz CT molecular complexity index is 588. The number of piperidine rings is 1. The van der Waals surface area contributed by atoms with Gasteiger partial charge in [0.25, 0.3) is 0 Å². The monoisotopic (exact) mass is 302 g/mol. The second-order valence-electron chi connectivity index (χ2n) is 5.58. The Labute approximate surface area is 130 Å². The predicted octanol–water partition coefficient (Wildman–Crippen LogP) is 1.93. The van der Waals surface area contributed by atoms with Gasteiger partial charge < -0.3 is 14.6 Å². The predicted molar refractivity (Wildman–Crippen MR) is 83.6 cm³/mol. The summed E-state index contributed by atoms with van der Waals surface area (Å²) in [5.41, 5.74) is 0.935. The number of nitrogens with one attached hydrogen (secondary N) is 1. The number of rotatable bonds is 5. The molecule has 0 spiro atoms. The molecular weight excluding hydrogens is 280 g/mol. The number of benzene rings is 1. The molecule has 6 nitrogen and oxygen atoms in total. The number of nitrogens with zero attached hydrogens (tertiary/aromatic N) is 3. The standard InChI is InChI=1S/C16H22N4O2/c1-17-13-7-9-20(10-8-13)11-15-18-16(19-22-15)12-3-5-14(21-2)6-4-12/h3-6,13,17H,7-11H2,1-2H3. The lowest BCUT2D eigenvalue weighted by Gasteiger charge is -2.30. The van der Waals surface area contributed by atoms with Crippen LogP contribution in [0.5, 0.6) is 5.75 Å². The van der Waals surface area contributed by atoms with Crippen LogP contribution in [0.3, 0.4) is 0 Å². The molecule has 0 unspecified atom stereocenters. The fourth-order valence-corrected chi connectivity index (χ4v) is 2.75. The normalized spacial score (nSPS) is 16.8. The lowest BCUT2D eigenvalue weighted by Crippen LogP contribution is -2.40. The van der Waals surface area contributed by atoms with E-state index in [-0.39, 0.29) is 0 Å². The molecule has 1 aromatic heterocycles. The summed E-state index contributed by atoms with van der Waals surface area (Å²) in [6, 6.07) is 8.30. The third-order valence-electron chi connectivity index (χ3n) is 4.17. The zero-order valence-electron chi connectivity index (χ0n) is 13.1. The van der Waals surface area contributed by atoms with E-state index in [1.165, 1.54) is 0 Å². The van der Waals surface area contributed by atoms with E-state index < -0.39 is 0 Å². The Morgan fingerprint density at radius 1 is 1.27 bits per heavy atom. The van der Waals surface area contributed by atoms with Crippen LogP contribution in [-0.4, -0.2) is 48.3 Å². The summed E-state index contributed by atoms with van der Waals surface area (Å²) in [4.78, 5) is 6.85. The van der Waals surface area contributed by atoms with Crippen LogP contribution in [0.15, 0.2) is 28.8 Å². The van der Waals surface area contributed by atoms with Crippen LogP contribution in [0.25, 0.3) is 11.4 Å². The molecule has 1 aromatic carbocycles. The fraction of sp³-hybridized carbons (Fsp3) is 0.500. The summed E-state index contributed by atoms with van der Waals surface area (Å²) in [5.74, 6) is 2.12. The molecule has 0 radical (unpaired) electrons. The highest BCUT2D eigenvalue weighted by Gasteiger charge is 2.20. The third-order valence-corrected chi connectivity index (χ3v) is 4.17. The number of methoxy groups -OCH3 is 1. The number of hydrogen-bond donors (Lipinski definition) is 1. The minimum absolute atomic E-state index is 0.628. The van der Waals surface area contributed by atoms with Crippen molar-refractivity contribution in [3.63, 3.8) is 0 Å². The number of aromatic nitrogens is 2. The first-order chi connectivity index (χ1) is 10.8. The molecule has 3 rings (SSSR count). The molecule has 0 saturated carbocycles. The van der Waals surface area contributed by atoms with Gasteiger partial charge in [-0.05, 0) is 44.2 Å². The van der Waals surface area contributed by atoms with Crippen LogP contribution < -0.4 is 10.1 Å². The molecule has 22 heavy (non-hydrogen) atoms. The van der Waals surface area contributed by atoms with Crippen LogP contribution in [0.2, 0.25) is 0 Å². The molecule has 2 aromatic rings. The molecular formula is C16H22N4O2. The first-order valence-corrected chi connectivity index (χ1v) is 7.65. The molecule has 1 aliphatic rings. The Balaban J connectivity index is 1.61. The largest absolute Gasteiger partial charge is 0.497 e. The number of hydrogen-bond acceptors (Lipinski definition) is 6. The molecule has 0 bridgehead atoms. The molecule has 1 saturated heterocycles. The minimum Gasteiger partial charge on any atom is -0.497 e. The molecule has 0 aliphatic carbocycles. The van der Waals surface area contributed by atoms with E-state index in [2.05, 4.69) is 20.4 Å². The Hall–Kier alpha value is -1.92. The molecule has 118 valence electrons. The van der Waals surface area contributed by atoms with E-state index in [1.807, 2.05) is 31.3 Å². The Kier molecular flexibility index (Phi) is 4.70. The van der Waals surface area contributed by atoms with Gasteiger partial charge in [0, 0.05) is 24.7 Å². The maximum atomic E-state index is 5.38. The van der Waals surface area contributed by atoms with Gasteiger partial charge in [0.1, 0.15) is 5.75 Å². The summed E-state index contributed by atoms with van der Waals surface area (Å²) < 4.78 is 10.5. The van der Waals surface area contributed by atoms with E-state index in [0.29, 0.717) is 17.8 Å². The van der Waals surface area contributed by atoms with Crippen LogP contribution >= 0.6 is 0 Å². The number of ether oxygens (including phenoxy) is 1. The molecule has 1 N–H and O–H groups in total. The maximum Gasteiger partial charge on any atom is 0.241 e. The van der Waals surface area contributed by atoms with Crippen molar-refractivity contribution in [1.82, 2.24) is 20.4 Å². The molecule has 0 atom stereocenters. The van der Waals surface area contributed by atoms with Gasteiger partial charge in [0.2, 0.25) is 11.7 Å². The van der Waals surface area contributed by atoms with Crippen molar-refractivity contribution >= 4 is 0 Å². The van der Waals surface area contributed by atoms with Crippen LogP contribution in [-0.2, 0) is 6.54 Å². The zero-order valence-corrected chi connectivity index (χ0v) is 13.1. The van der Waals surface area contributed by atoms with Crippen molar-refractivity contribution in [2.75, 3.05) is 27.2 Å². The highest BCUT2D eigenvalue weighted by molar-refractivity contribution is 5.55. The average molecular weight is 302 g/mol. The van der Waals surface area contributed by atoms with Crippen molar-refractivity contribution in [2.24, 2.45) is 0 Å². The van der Waals surface area contributed by atoms with Gasteiger partial charge in [-0.25, -0.2) is 0 Å². The van der Waals surface area contributed by atoms with Crippen molar-refractivity contribution in [2.45, 2.75) is 25.4 Å². The maximum absolute atomic E-state index is 5.38. The lowest BCUT2D eigenvalue weighted by atomic mass is 10.1. The van der Waals surface area contributed by atoms with E-state index in [4.69, 9.17) is 9.26 Å². The minimum atomic E-state index is 0.628. The lowest BCUT2D eigenvalue weighted by molar-refractivity contribution is 0.173. The molecule has 0 amide bonds. The topological polar surface area (TPSA) is 63.4 Å². The van der Waals surface area contributed by atoms with Gasteiger partial charge in [-0.2, -0.15) is 4.98 Å². The van der Waals surface area contributed by atoms with Crippen molar-refractivity contribution in [1.29, 1.82) is 0 Å². The van der Waals surface area contributed by atoms with E-state index in [0.717, 1.165) is 43.8 Å². The molecule has 1 fully saturated rings. The van der Waals surface area contributed by atoms with E-state index in [1.54, 1.807) is 7.11 Å². The van der Waals surface area contributed by atoms with Gasteiger partial charge in [-0.1, -0.05) is 5.16 Å². The van der Waals surface area contributed by atoms with Crippen molar-refractivity contribution < 1.29 is 9.26 Å². The zero-order chi connectivity index (χ0) is 15.4. The van der Waals surface area contributed by atoms with Gasteiger partial charge in [0.05, 0.1) is 13.7 Å². The van der Waals surface area contributed by atoms with Gasteiger partial charge >= 0.3 is 0 Å². The molecule has 1 aliphatic heterocycles.